The highest BCUT2D eigenvalue weighted by atomic mass is 35.5. The summed E-state index contributed by atoms with van der Waals surface area (Å²) >= 11 is 0. The van der Waals surface area contributed by atoms with Gasteiger partial charge in [0.2, 0.25) is 5.91 Å². The number of carbonyl (C=O) groups is 1. The van der Waals surface area contributed by atoms with Crippen LogP contribution in [-0.2, 0) is 17.8 Å². The third-order valence-corrected chi connectivity index (χ3v) is 5.81. The Balaban J connectivity index is 0.00000363. The first-order valence-electron chi connectivity index (χ1n) is 11.7. The quantitative estimate of drug-likeness (QED) is 0.313. The SMILES string of the molecule is CCCCCCc1ccc(-c2nc3ccc(C)cn3c2CN(C)C(=O)CC(C)C)cc1.Cl. The minimum Gasteiger partial charge on any atom is -0.340 e. The third-order valence-electron chi connectivity index (χ3n) is 5.81. The molecule has 32 heavy (non-hydrogen) atoms. The van der Waals surface area contributed by atoms with Crippen molar-refractivity contribution in [2.24, 2.45) is 5.92 Å². The van der Waals surface area contributed by atoms with Crippen molar-refractivity contribution in [3.05, 3.63) is 59.4 Å². The number of unbranched alkanes of at least 4 members (excludes halogenated alkanes) is 3. The molecule has 0 spiro atoms. The number of nitrogens with zero attached hydrogens (tertiary/aromatic N) is 3. The summed E-state index contributed by atoms with van der Waals surface area (Å²) in [6, 6.07) is 13.0. The Labute approximate surface area is 199 Å². The molecule has 0 aliphatic rings. The number of hydrogen-bond donors (Lipinski definition) is 0. The molecule has 3 rings (SSSR count). The number of fused-ring (bicyclic) bond motifs is 1. The van der Waals surface area contributed by atoms with Crippen molar-refractivity contribution in [1.82, 2.24) is 14.3 Å². The first-order chi connectivity index (χ1) is 14.9. The highest BCUT2D eigenvalue weighted by Crippen LogP contribution is 2.27. The van der Waals surface area contributed by atoms with Gasteiger partial charge >= 0.3 is 0 Å². The van der Waals surface area contributed by atoms with Crippen LogP contribution in [0.2, 0.25) is 0 Å². The van der Waals surface area contributed by atoms with E-state index in [-0.39, 0.29) is 18.3 Å². The average Bonchev–Trinajstić information content (AvgIpc) is 3.08. The number of halogens is 1. The average molecular weight is 456 g/mol. The van der Waals surface area contributed by atoms with Crippen LogP contribution in [-0.4, -0.2) is 27.2 Å². The minimum absolute atomic E-state index is 0. The molecule has 4 nitrogen and oxygen atoms in total. The highest BCUT2D eigenvalue weighted by Gasteiger charge is 2.19. The molecule has 0 saturated carbocycles. The molecule has 174 valence electrons. The van der Waals surface area contributed by atoms with Gasteiger partial charge in [0.05, 0.1) is 17.9 Å². The van der Waals surface area contributed by atoms with Gasteiger partial charge in [-0.25, -0.2) is 4.98 Å². The zero-order chi connectivity index (χ0) is 22.4. The van der Waals surface area contributed by atoms with Gasteiger partial charge in [-0.15, -0.1) is 12.4 Å². The van der Waals surface area contributed by atoms with Crippen molar-refractivity contribution in [1.29, 1.82) is 0 Å². The van der Waals surface area contributed by atoms with Gasteiger partial charge in [0, 0.05) is 25.2 Å². The van der Waals surface area contributed by atoms with Crippen LogP contribution in [0.4, 0.5) is 0 Å². The van der Waals surface area contributed by atoms with Crippen molar-refractivity contribution in [3.8, 4) is 11.3 Å². The van der Waals surface area contributed by atoms with Crippen molar-refractivity contribution in [2.75, 3.05) is 7.05 Å². The standard InChI is InChI=1S/C27H37N3O.ClH/c1-6-7-8-9-10-22-12-14-23(15-13-22)27-24(19-29(5)26(31)17-20(2)3)30-18-21(4)11-16-25(30)28-27;/h11-16,18,20H,6-10,17,19H2,1-5H3;1H. The van der Waals surface area contributed by atoms with Gasteiger partial charge in [-0.3, -0.25) is 4.79 Å². The smallest absolute Gasteiger partial charge is 0.222 e. The molecule has 2 heterocycles. The summed E-state index contributed by atoms with van der Waals surface area (Å²) in [5, 5.41) is 0. The summed E-state index contributed by atoms with van der Waals surface area (Å²) in [4.78, 5) is 19.4. The number of amides is 1. The van der Waals surface area contributed by atoms with Crippen molar-refractivity contribution in [3.63, 3.8) is 0 Å². The molecule has 0 aliphatic carbocycles. The van der Waals surface area contributed by atoms with Gasteiger partial charge in [0.25, 0.3) is 0 Å². The third kappa shape index (κ3) is 6.59. The van der Waals surface area contributed by atoms with Crippen LogP contribution < -0.4 is 0 Å². The molecule has 0 N–H and O–H groups in total. The van der Waals surface area contributed by atoms with E-state index >= 15 is 0 Å². The largest absolute Gasteiger partial charge is 0.340 e. The van der Waals surface area contributed by atoms with Gasteiger partial charge in [0.1, 0.15) is 5.65 Å². The molecule has 0 atom stereocenters. The van der Waals surface area contributed by atoms with Crippen LogP contribution in [0.15, 0.2) is 42.6 Å². The lowest BCUT2D eigenvalue weighted by molar-refractivity contribution is -0.131. The van der Waals surface area contributed by atoms with Crippen LogP contribution >= 0.6 is 12.4 Å². The first kappa shape index (κ1) is 25.9. The number of hydrogen-bond acceptors (Lipinski definition) is 2. The first-order valence-corrected chi connectivity index (χ1v) is 11.7. The van der Waals surface area contributed by atoms with E-state index in [9.17, 15) is 4.79 Å². The molecule has 0 fully saturated rings. The zero-order valence-corrected chi connectivity index (χ0v) is 21.0. The monoisotopic (exact) mass is 455 g/mol. The van der Waals surface area contributed by atoms with E-state index in [1.807, 2.05) is 11.9 Å². The number of imidazole rings is 1. The Kier molecular flexibility index (Phi) is 9.77. The number of pyridine rings is 1. The van der Waals surface area contributed by atoms with E-state index in [0.29, 0.717) is 18.9 Å². The molecular weight excluding hydrogens is 418 g/mol. The summed E-state index contributed by atoms with van der Waals surface area (Å²) in [5.74, 6) is 0.523. The number of aryl methyl sites for hydroxylation is 2. The maximum Gasteiger partial charge on any atom is 0.222 e. The molecule has 5 heteroatoms. The van der Waals surface area contributed by atoms with E-state index in [4.69, 9.17) is 4.98 Å². The van der Waals surface area contributed by atoms with Crippen LogP contribution in [0.3, 0.4) is 0 Å². The molecule has 0 aliphatic heterocycles. The Morgan fingerprint density at radius 2 is 1.78 bits per heavy atom. The lowest BCUT2D eigenvalue weighted by Crippen LogP contribution is -2.28. The van der Waals surface area contributed by atoms with Crippen molar-refractivity contribution < 1.29 is 4.79 Å². The molecule has 3 aromatic rings. The zero-order valence-electron chi connectivity index (χ0n) is 20.2. The summed E-state index contributed by atoms with van der Waals surface area (Å²) in [5.41, 5.74) is 6.62. The van der Waals surface area contributed by atoms with Gasteiger partial charge in [-0.05, 0) is 42.9 Å². The number of aromatic nitrogens is 2. The second kappa shape index (κ2) is 12.1. The van der Waals surface area contributed by atoms with Crippen molar-refractivity contribution in [2.45, 2.75) is 72.8 Å². The Hall–Kier alpha value is -2.33. The molecule has 0 radical (unpaired) electrons. The second-order valence-corrected chi connectivity index (χ2v) is 9.20. The van der Waals surface area contributed by atoms with Crippen LogP contribution in [0.25, 0.3) is 16.9 Å². The van der Waals surface area contributed by atoms with E-state index < -0.39 is 0 Å². The highest BCUT2D eigenvalue weighted by molar-refractivity contribution is 5.85. The molecule has 0 unspecified atom stereocenters. The Morgan fingerprint density at radius 3 is 2.44 bits per heavy atom. The topological polar surface area (TPSA) is 37.6 Å². The molecule has 1 amide bonds. The fraction of sp³-hybridized carbons (Fsp3) is 0.481. The summed E-state index contributed by atoms with van der Waals surface area (Å²) in [6.45, 7) is 9.04. The molecule has 0 bridgehead atoms. The van der Waals surface area contributed by atoms with Crippen LogP contribution in [0.5, 0.6) is 0 Å². The lowest BCUT2D eigenvalue weighted by atomic mass is 10.0. The van der Waals surface area contributed by atoms with Crippen LogP contribution in [0.1, 0.15) is 69.7 Å². The van der Waals surface area contributed by atoms with Gasteiger partial charge in [-0.1, -0.05) is 70.4 Å². The van der Waals surface area contributed by atoms with E-state index in [1.54, 1.807) is 0 Å². The number of benzene rings is 1. The second-order valence-electron chi connectivity index (χ2n) is 9.20. The summed E-state index contributed by atoms with van der Waals surface area (Å²) in [7, 11) is 1.89. The maximum absolute atomic E-state index is 12.6. The van der Waals surface area contributed by atoms with Gasteiger partial charge in [-0.2, -0.15) is 0 Å². The van der Waals surface area contributed by atoms with Gasteiger partial charge in [0.15, 0.2) is 0 Å². The Bertz CT molecular complexity index is 1010. The van der Waals surface area contributed by atoms with Gasteiger partial charge < -0.3 is 9.30 Å². The summed E-state index contributed by atoms with van der Waals surface area (Å²) in [6.07, 6.45) is 8.93. The number of rotatable bonds is 10. The molecular formula is C27H38ClN3O. The Morgan fingerprint density at radius 1 is 1.06 bits per heavy atom. The fourth-order valence-electron chi connectivity index (χ4n) is 3.98. The molecule has 2 aromatic heterocycles. The number of carbonyl (C=O) groups excluding carboxylic acids is 1. The molecule has 0 saturated heterocycles. The maximum atomic E-state index is 12.6. The molecule has 1 aromatic carbocycles. The van der Waals surface area contributed by atoms with Crippen LogP contribution in [0, 0.1) is 12.8 Å². The normalized spacial score (nSPS) is 11.1. The predicted molar refractivity (Wildman–Crippen MR) is 136 cm³/mol. The van der Waals surface area contributed by atoms with Crippen molar-refractivity contribution >= 4 is 24.0 Å². The van der Waals surface area contributed by atoms with E-state index in [0.717, 1.165) is 29.0 Å². The van der Waals surface area contributed by atoms with E-state index in [1.165, 1.54) is 36.8 Å². The lowest BCUT2D eigenvalue weighted by Gasteiger charge is -2.19. The predicted octanol–water partition coefficient (Wildman–Crippen LogP) is 6.86. The minimum atomic E-state index is 0. The summed E-state index contributed by atoms with van der Waals surface area (Å²) < 4.78 is 2.14. The van der Waals surface area contributed by atoms with E-state index in [2.05, 4.69) is 74.7 Å². The fourth-order valence-corrected chi connectivity index (χ4v) is 3.98.